The molecule has 1 aliphatic rings. The molecule has 1 fully saturated rings. The van der Waals surface area contributed by atoms with E-state index in [1.165, 1.54) is 25.7 Å². The minimum atomic E-state index is -0.0776. The second-order valence-electron chi connectivity index (χ2n) is 6.01. The van der Waals surface area contributed by atoms with Gasteiger partial charge in [-0.15, -0.1) is 0 Å². The summed E-state index contributed by atoms with van der Waals surface area (Å²) in [6.45, 7) is 6.87. The number of nitrogens with two attached hydrogens (primary N) is 1. The van der Waals surface area contributed by atoms with Gasteiger partial charge in [0.2, 0.25) is 5.91 Å². The first-order chi connectivity index (χ1) is 9.01. The van der Waals surface area contributed by atoms with Crippen LogP contribution < -0.4 is 11.1 Å². The fourth-order valence-corrected chi connectivity index (χ4v) is 2.94. The van der Waals surface area contributed by atoms with E-state index in [0.717, 1.165) is 13.0 Å². The smallest absolute Gasteiger partial charge is 0.237 e. The first-order valence-corrected chi connectivity index (χ1v) is 7.73. The molecule has 0 heterocycles. The highest BCUT2D eigenvalue weighted by atomic mass is 16.2. The quantitative estimate of drug-likeness (QED) is 0.772. The van der Waals surface area contributed by atoms with E-state index < -0.39 is 0 Å². The van der Waals surface area contributed by atoms with Gasteiger partial charge < -0.3 is 11.1 Å². The van der Waals surface area contributed by atoms with Crippen molar-refractivity contribution < 1.29 is 4.79 Å². The normalized spacial score (nSPS) is 27.1. The third-order valence-electron chi connectivity index (χ3n) is 4.69. The third kappa shape index (κ3) is 4.46. The highest BCUT2D eigenvalue weighted by molar-refractivity contribution is 5.81. The van der Waals surface area contributed by atoms with Crippen LogP contribution >= 0.6 is 0 Å². The van der Waals surface area contributed by atoms with Crippen LogP contribution in [-0.4, -0.2) is 42.5 Å². The molecule has 0 aromatic carbocycles. The zero-order valence-corrected chi connectivity index (χ0v) is 13.0. The van der Waals surface area contributed by atoms with Crippen LogP contribution in [0, 0.1) is 5.92 Å². The molecule has 0 bridgehead atoms. The number of carbonyl (C=O) groups excluding carboxylic acids is 1. The van der Waals surface area contributed by atoms with Gasteiger partial charge in [0, 0.05) is 12.1 Å². The van der Waals surface area contributed by atoms with Crippen molar-refractivity contribution in [3.8, 4) is 0 Å². The maximum atomic E-state index is 12.2. The van der Waals surface area contributed by atoms with Crippen LogP contribution in [0.4, 0.5) is 0 Å². The summed E-state index contributed by atoms with van der Waals surface area (Å²) < 4.78 is 0. The van der Waals surface area contributed by atoms with Crippen LogP contribution in [0.15, 0.2) is 0 Å². The molecule has 1 saturated carbocycles. The van der Waals surface area contributed by atoms with Crippen molar-refractivity contribution in [2.75, 3.05) is 13.6 Å². The van der Waals surface area contributed by atoms with E-state index in [1.807, 2.05) is 13.8 Å². The molecular weight excluding hydrogens is 238 g/mol. The molecule has 1 aliphatic carbocycles. The standard InChI is InChI=1S/C15H31N3O/c1-5-11(2)17-15(19)12(3)18(4)14-9-7-6-8-13(14)10-16/h11-14H,5-10,16H2,1-4H3,(H,17,19). The minimum absolute atomic E-state index is 0.0776. The van der Waals surface area contributed by atoms with Gasteiger partial charge in [-0.2, -0.15) is 0 Å². The van der Waals surface area contributed by atoms with Crippen molar-refractivity contribution in [2.45, 2.75) is 71.0 Å². The van der Waals surface area contributed by atoms with Crippen LogP contribution in [-0.2, 0) is 4.79 Å². The first-order valence-electron chi connectivity index (χ1n) is 7.73. The maximum absolute atomic E-state index is 12.2. The second-order valence-corrected chi connectivity index (χ2v) is 6.01. The van der Waals surface area contributed by atoms with Gasteiger partial charge in [-0.1, -0.05) is 19.8 Å². The third-order valence-corrected chi connectivity index (χ3v) is 4.69. The van der Waals surface area contributed by atoms with Crippen LogP contribution in [0.2, 0.25) is 0 Å². The van der Waals surface area contributed by atoms with Crippen LogP contribution in [0.1, 0.15) is 52.9 Å². The van der Waals surface area contributed by atoms with E-state index in [4.69, 9.17) is 5.73 Å². The van der Waals surface area contributed by atoms with Gasteiger partial charge in [0.15, 0.2) is 0 Å². The Balaban J connectivity index is 2.59. The van der Waals surface area contributed by atoms with Gasteiger partial charge in [0.1, 0.15) is 0 Å². The maximum Gasteiger partial charge on any atom is 0.237 e. The van der Waals surface area contributed by atoms with Crippen molar-refractivity contribution in [3.05, 3.63) is 0 Å². The Bertz CT molecular complexity index is 283. The number of hydrogen-bond acceptors (Lipinski definition) is 3. The lowest BCUT2D eigenvalue weighted by Gasteiger charge is -2.40. The molecule has 0 saturated heterocycles. The predicted molar refractivity (Wildman–Crippen MR) is 79.9 cm³/mol. The fraction of sp³-hybridized carbons (Fsp3) is 0.933. The number of likely N-dealkylation sites (N-methyl/N-ethyl adjacent to an activating group) is 1. The Labute approximate surface area is 118 Å². The summed E-state index contributed by atoms with van der Waals surface area (Å²) in [7, 11) is 2.07. The Morgan fingerprint density at radius 1 is 1.37 bits per heavy atom. The van der Waals surface area contributed by atoms with E-state index >= 15 is 0 Å². The van der Waals surface area contributed by atoms with E-state index in [-0.39, 0.29) is 18.0 Å². The Hall–Kier alpha value is -0.610. The first kappa shape index (κ1) is 16.4. The Morgan fingerprint density at radius 2 is 2.00 bits per heavy atom. The number of nitrogens with one attached hydrogen (secondary N) is 1. The Kier molecular flexibility index (Phi) is 6.80. The summed E-state index contributed by atoms with van der Waals surface area (Å²) in [5.41, 5.74) is 5.88. The van der Waals surface area contributed by atoms with Gasteiger partial charge in [-0.3, -0.25) is 9.69 Å². The van der Waals surface area contributed by atoms with E-state index in [1.54, 1.807) is 0 Å². The van der Waals surface area contributed by atoms with E-state index in [9.17, 15) is 4.79 Å². The lowest BCUT2D eigenvalue weighted by atomic mass is 9.83. The minimum Gasteiger partial charge on any atom is -0.352 e. The predicted octanol–water partition coefficient (Wildman–Crippen LogP) is 1.74. The number of rotatable bonds is 6. The molecule has 0 radical (unpaired) electrons. The van der Waals surface area contributed by atoms with Gasteiger partial charge >= 0.3 is 0 Å². The molecule has 0 aromatic rings. The van der Waals surface area contributed by atoms with Gasteiger partial charge in [-0.05, 0) is 52.6 Å². The molecule has 4 atom stereocenters. The summed E-state index contributed by atoms with van der Waals surface area (Å²) in [4.78, 5) is 14.4. The molecule has 19 heavy (non-hydrogen) atoms. The number of amides is 1. The summed E-state index contributed by atoms with van der Waals surface area (Å²) >= 11 is 0. The van der Waals surface area contributed by atoms with Crippen molar-refractivity contribution >= 4 is 5.91 Å². The van der Waals surface area contributed by atoms with Crippen LogP contribution in [0.25, 0.3) is 0 Å². The molecule has 1 amide bonds. The van der Waals surface area contributed by atoms with Crippen LogP contribution in [0.5, 0.6) is 0 Å². The molecule has 4 nitrogen and oxygen atoms in total. The molecule has 4 unspecified atom stereocenters. The molecule has 0 spiro atoms. The summed E-state index contributed by atoms with van der Waals surface area (Å²) in [5, 5.41) is 3.07. The average Bonchev–Trinajstić information content (AvgIpc) is 2.45. The highest BCUT2D eigenvalue weighted by Crippen LogP contribution is 2.28. The largest absolute Gasteiger partial charge is 0.352 e. The highest BCUT2D eigenvalue weighted by Gasteiger charge is 2.32. The molecule has 0 aliphatic heterocycles. The molecule has 0 aromatic heterocycles. The van der Waals surface area contributed by atoms with Crippen molar-refractivity contribution in [2.24, 2.45) is 11.7 Å². The van der Waals surface area contributed by atoms with E-state index in [2.05, 4.69) is 24.2 Å². The molecular formula is C15H31N3O. The molecule has 3 N–H and O–H groups in total. The summed E-state index contributed by atoms with van der Waals surface area (Å²) in [6.07, 6.45) is 5.87. The zero-order valence-electron chi connectivity index (χ0n) is 13.0. The fourth-order valence-electron chi connectivity index (χ4n) is 2.94. The summed E-state index contributed by atoms with van der Waals surface area (Å²) in [6, 6.07) is 0.627. The zero-order chi connectivity index (χ0) is 14.4. The van der Waals surface area contributed by atoms with Gasteiger partial charge in [0.25, 0.3) is 0 Å². The number of nitrogens with zero attached hydrogens (tertiary/aromatic N) is 1. The average molecular weight is 269 g/mol. The molecule has 1 rings (SSSR count). The van der Waals surface area contributed by atoms with Gasteiger partial charge in [-0.25, -0.2) is 0 Å². The van der Waals surface area contributed by atoms with Crippen LogP contribution in [0.3, 0.4) is 0 Å². The topological polar surface area (TPSA) is 58.4 Å². The molecule has 112 valence electrons. The van der Waals surface area contributed by atoms with E-state index in [0.29, 0.717) is 12.0 Å². The molecule has 4 heteroatoms. The van der Waals surface area contributed by atoms with Gasteiger partial charge in [0.05, 0.1) is 6.04 Å². The van der Waals surface area contributed by atoms with Crippen molar-refractivity contribution in [1.29, 1.82) is 0 Å². The SMILES string of the molecule is CCC(C)NC(=O)C(C)N(C)C1CCCCC1CN. The number of hydrogen-bond donors (Lipinski definition) is 2. The number of carbonyl (C=O) groups is 1. The van der Waals surface area contributed by atoms with Crippen molar-refractivity contribution in [1.82, 2.24) is 10.2 Å². The van der Waals surface area contributed by atoms with Crippen molar-refractivity contribution in [3.63, 3.8) is 0 Å². The summed E-state index contributed by atoms with van der Waals surface area (Å²) in [5.74, 6) is 0.677. The second kappa shape index (κ2) is 7.85. The Morgan fingerprint density at radius 3 is 2.58 bits per heavy atom. The lowest BCUT2D eigenvalue weighted by molar-refractivity contribution is -0.127. The monoisotopic (exact) mass is 269 g/mol. The lowest BCUT2D eigenvalue weighted by Crippen LogP contribution is -2.53.